The van der Waals surface area contributed by atoms with Gasteiger partial charge in [-0.1, -0.05) is 12.1 Å². The van der Waals surface area contributed by atoms with Crippen LogP contribution in [0.25, 0.3) is 0 Å². The van der Waals surface area contributed by atoms with Crippen LogP contribution in [0.5, 0.6) is 0 Å². The number of nitrogens with zero attached hydrogens (tertiary/aromatic N) is 1. The summed E-state index contributed by atoms with van der Waals surface area (Å²) >= 11 is 0. The number of anilines is 1. The average Bonchev–Trinajstić information content (AvgIpc) is 2.54. The molecule has 1 heterocycles. The van der Waals surface area contributed by atoms with E-state index >= 15 is 0 Å². The maximum atomic E-state index is 11.4. The molecule has 4 N–H and O–H groups in total. The van der Waals surface area contributed by atoms with Crippen molar-refractivity contribution in [2.45, 2.75) is 26.3 Å². The van der Waals surface area contributed by atoms with Crippen LogP contribution in [0.3, 0.4) is 0 Å². The number of rotatable bonds is 5. The van der Waals surface area contributed by atoms with Gasteiger partial charge in [-0.05, 0) is 37.5 Å². The van der Waals surface area contributed by atoms with Crippen molar-refractivity contribution in [1.82, 2.24) is 10.6 Å². The van der Waals surface area contributed by atoms with Crippen molar-refractivity contribution in [1.29, 1.82) is 0 Å². The third-order valence-electron chi connectivity index (χ3n) is 3.92. The predicted octanol–water partition coefficient (Wildman–Crippen LogP) is 1.21. The Hall–Kier alpha value is -2.24. The van der Waals surface area contributed by atoms with E-state index in [4.69, 9.17) is 5.73 Å². The fraction of sp³-hybridized carbons (Fsp3) is 0.500. The molecule has 120 valence electrons. The molecule has 22 heavy (non-hydrogen) atoms. The molecule has 1 aliphatic rings. The summed E-state index contributed by atoms with van der Waals surface area (Å²) in [6.07, 6.45) is 1.86. The highest BCUT2D eigenvalue weighted by molar-refractivity contribution is 5.77. The Morgan fingerprint density at radius 3 is 2.64 bits per heavy atom. The third kappa shape index (κ3) is 4.38. The fourth-order valence-corrected chi connectivity index (χ4v) is 2.67. The van der Waals surface area contributed by atoms with Crippen molar-refractivity contribution >= 4 is 17.6 Å². The van der Waals surface area contributed by atoms with E-state index < -0.39 is 0 Å². The van der Waals surface area contributed by atoms with Gasteiger partial charge in [-0.3, -0.25) is 4.79 Å². The number of amides is 3. The van der Waals surface area contributed by atoms with Crippen LogP contribution in [0.2, 0.25) is 0 Å². The Kier molecular flexibility index (Phi) is 5.63. The Balaban J connectivity index is 1.91. The van der Waals surface area contributed by atoms with E-state index in [1.54, 1.807) is 0 Å². The first-order valence-corrected chi connectivity index (χ1v) is 7.75. The zero-order valence-corrected chi connectivity index (χ0v) is 13.0. The van der Waals surface area contributed by atoms with E-state index in [0.717, 1.165) is 30.6 Å². The van der Waals surface area contributed by atoms with Gasteiger partial charge >= 0.3 is 6.03 Å². The lowest BCUT2D eigenvalue weighted by molar-refractivity contribution is -0.122. The van der Waals surface area contributed by atoms with Crippen molar-refractivity contribution in [2.75, 3.05) is 24.5 Å². The number of primary amides is 1. The number of hydrogen-bond acceptors (Lipinski definition) is 3. The van der Waals surface area contributed by atoms with E-state index in [1.807, 2.05) is 31.2 Å². The van der Waals surface area contributed by atoms with Gasteiger partial charge < -0.3 is 21.3 Å². The molecule has 0 radical (unpaired) electrons. The molecule has 1 aromatic rings. The Labute approximate surface area is 131 Å². The molecule has 1 aromatic carbocycles. The summed E-state index contributed by atoms with van der Waals surface area (Å²) in [5.41, 5.74) is 7.54. The maximum Gasteiger partial charge on any atom is 0.315 e. The summed E-state index contributed by atoms with van der Waals surface area (Å²) in [5.74, 6) is -0.278. The molecule has 3 amide bonds. The highest BCUT2D eigenvalue weighted by Crippen LogP contribution is 2.23. The number of carbonyl (C=O) groups is 2. The minimum absolute atomic E-state index is 0.0622. The van der Waals surface area contributed by atoms with Crippen molar-refractivity contribution in [2.24, 2.45) is 11.7 Å². The topological polar surface area (TPSA) is 87.5 Å². The molecule has 1 atom stereocenters. The highest BCUT2D eigenvalue weighted by atomic mass is 16.2. The summed E-state index contributed by atoms with van der Waals surface area (Å²) in [5, 5.41) is 5.49. The number of piperidine rings is 1. The second-order valence-corrected chi connectivity index (χ2v) is 5.57. The normalized spacial score (nSPS) is 17.9. The molecule has 0 saturated carbocycles. The zero-order valence-electron chi connectivity index (χ0n) is 13.0. The molecular formula is C16H24N4O2. The lowest BCUT2D eigenvalue weighted by Gasteiger charge is -2.33. The summed E-state index contributed by atoms with van der Waals surface area (Å²) in [7, 11) is 0. The molecule has 1 saturated heterocycles. The Bertz CT molecular complexity index is 515. The van der Waals surface area contributed by atoms with E-state index in [1.165, 1.54) is 0 Å². The second-order valence-electron chi connectivity index (χ2n) is 5.57. The number of nitrogens with two attached hydrogens (primary N) is 1. The van der Waals surface area contributed by atoms with Gasteiger partial charge in [0.2, 0.25) is 5.91 Å². The summed E-state index contributed by atoms with van der Waals surface area (Å²) in [6.45, 7) is 4.62. The first kappa shape index (κ1) is 16.1. The van der Waals surface area contributed by atoms with Crippen LogP contribution >= 0.6 is 0 Å². The lowest BCUT2D eigenvalue weighted by atomic mass is 9.97. The molecule has 0 unspecified atom stereocenters. The Morgan fingerprint density at radius 2 is 2.00 bits per heavy atom. The number of urea groups is 1. The molecule has 6 nitrogen and oxygen atoms in total. The van der Waals surface area contributed by atoms with E-state index in [0.29, 0.717) is 19.6 Å². The first-order valence-electron chi connectivity index (χ1n) is 7.75. The molecule has 0 aromatic heterocycles. The van der Waals surface area contributed by atoms with Gasteiger partial charge in [-0.15, -0.1) is 0 Å². The van der Waals surface area contributed by atoms with Gasteiger partial charge in [0.25, 0.3) is 0 Å². The van der Waals surface area contributed by atoms with Crippen molar-refractivity contribution < 1.29 is 9.59 Å². The highest BCUT2D eigenvalue weighted by Gasteiger charge is 2.23. The largest absolute Gasteiger partial charge is 0.371 e. The van der Waals surface area contributed by atoms with Crippen LogP contribution < -0.4 is 21.3 Å². The number of nitrogens with one attached hydrogen (secondary N) is 2. The zero-order chi connectivity index (χ0) is 15.9. The van der Waals surface area contributed by atoms with Gasteiger partial charge in [-0.2, -0.15) is 0 Å². The monoisotopic (exact) mass is 304 g/mol. The second kappa shape index (κ2) is 7.68. The lowest BCUT2D eigenvalue weighted by Crippen LogP contribution is -2.41. The maximum absolute atomic E-state index is 11.4. The van der Waals surface area contributed by atoms with Crippen LogP contribution in [0.15, 0.2) is 24.3 Å². The van der Waals surface area contributed by atoms with E-state index in [9.17, 15) is 9.59 Å². The van der Waals surface area contributed by atoms with Gasteiger partial charge in [0.05, 0.1) is 5.92 Å². The van der Waals surface area contributed by atoms with E-state index in [-0.39, 0.29) is 17.9 Å². The summed E-state index contributed by atoms with van der Waals surface area (Å²) < 4.78 is 0. The fourth-order valence-electron chi connectivity index (χ4n) is 2.67. The average molecular weight is 304 g/mol. The minimum atomic E-state index is -0.215. The Morgan fingerprint density at radius 1 is 1.27 bits per heavy atom. The molecule has 1 fully saturated rings. The molecule has 2 rings (SSSR count). The van der Waals surface area contributed by atoms with Crippen molar-refractivity contribution in [3.8, 4) is 0 Å². The smallest absolute Gasteiger partial charge is 0.315 e. The molecule has 0 spiro atoms. The van der Waals surface area contributed by atoms with Gasteiger partial charge in [0.15, 0.2) is 0 Å². The summed E-state index contributed by atoms with van der Waals surface area (Å²) in [4.78, 5) is 24.9. The first-order chi connectivity index (χ1) is 10.6. The number of hydrogen-bond donors (Lipinski definition) is 3. The third-order valence-corrected chi connectivity index (χ3v) is 3.92. The number of benzene rings is 1. The summed E-state index contributed by atoms with van der Waals surface area (Å²) in [6, 6.07) is 7.88. The molecule has 1 aliphatic heterocycles. The molecule has 6 heteroatoms. The van der Waals surface area contributed by atoms with Gasteiger partial charge in [0, 0.05) is 31.9 Å². The van der Waals surface area contributed by atoms with Gasteiger partial charge in [0.1, 0.15) is 0 Å². The quantitative estimate of drug-likeness (QED) is 0.764. The van der Waals surface area contributed by atoms with Crippen molar-refractivity contribution in [3.05, 3.63) is 29.8 Å². The van der Waals surface area contributed by atoms with Crippen molar-refractivity contribution in [3.63, 3.8) is 0 Å². The molecule has 0 bridgehead atoms. The standard InChI is InChI=1S/C16H24N4O2/c1-2-18-16(22)19-10-12-5-7-14(8-6-12)20-9-3-4-13(11-20)15(17)21/h5-8,13H,2-4,9-11H2,1H3,(H2,17,21)(H2,18,19,22)/t13-/m1/s1. The molecule has 0 aliphatic carbocycles. The predicted molar refractivity (Wildman–Crippen MR) is 86.5 cm³/mol. The SMILES string of the molecule is CCNC(=O)NCc1ccc(N2CCC[C@@H](C(N)=O)C2)cc1. The van der Waals surface area contributed by atoms with Crippen LogP contribution in [-0.4, -0.2) is 31.6 Å². The van der Waals surface area contributed by atoms with E-state index in [2.05, 4.69) is 15.5 Å². The van der Waals surface area contributed by atoms with Gasteiger partial charge in [-0.25, -0.2) is 4.79 Å². The number of carbonyl (C=O) groups excluding carboxylic acids is 2. The van der Waals surface area contributed by atoms with Crippen LogP contribution in [0.4, 0.5) is 10.5 Å². The van der Waals surface area contributed by atoms with Crippen LogP contribution in [0.1, 0.15) is 25.3 Å². The van der Waals surface area contributed by atoms with Crippen LogP contribution in [0, 0.1) is 5.92 Å². The minimum Gasteiger partial charge on any atom is -0.371 e. The molecular weight excluding hydrogens is 280 g/mol. The van der Waals surface area contributed by atoms with Crippen LogP contribution in [-0.2, 0) is 11.3 Å².